The number of benzene rings is 1. The second kappa shape index (κ2) is 10.3. The summed E-state index contributed by atoms with van der Waals surface area (Å²) in [6.07, 6.45) is 3.46. The van der Waals surface area contributed by atoms with Crippen LogP contribution in [0.25, 0.3) is 0 Å². The molecule has 2 amide bonds. The van der Waals surface area contributed by atoms with Gasteiger partial charge in [-0.05, 0) is 31.2 Å². The van der Waals surface area contributed by atoms with Crippen LogP contribution in [0.1, 0.15) is 48.4 Å². The van der Waals surface area contributed by atoms with E-state index in [4.69, 9.17) is 0 Å². The molecule has 8 nitrogen and oxygen atoms in total. The molecule has 2 rings (SSSR count). The smallest absolute Gasteiger partial charge is 0.328 e. The summed E-state index contributed by atoms with van der Waals surface area (Å²) in [6, 6.07) is 8.22. The molecule has 1 heterocycles. The van der Waals surface area contributed by atoms with Gasteiger partial charge in [0.15, 0.2) is 6.04 Å². The Kier molecular flexibility index (Phi) is 7.82. The number of amides is 2. The molecule has 154 valence electrons. The predicted molar refractivity (Wildman–Crippen MR) is 107 cm³/mol. The molecule has 0 spiro atoms. The number of aromatic nitrogens is 2. The molecule has 29 heavy (non-hydrogen) atoms. The zero-order valence-electron chi connectivity index (χ0n) is 16.8. The maximum absolute atomic E-state index is 12.9. The number of carboxylic acids is 1. The molecule has 0 fully saturated rings. The normalized spacial score (nSPS) is 11.7. The standard InChI is InChI=1S/C21H26N4O4/c1-14(2)11-18(21(28)29)25(20(27)17-13-22-15(3)12-23-17)24-19(26)10-9-16-7-5-4-6-8-16/h4-8,12-14,18H,9-11H2,1-3H3,(H,24,26)(H,28,29)/t18-/m0/s1. The van der Waals surface area contributed by atoms with Crippen molar-refractivity contribution in [1.29, 1.82) is 0 Å². The van der Waals surface area contributed by atoms with Crippen LogP contribution in [0.5, 0.6) is 0 Å². The Hall–Kier alpha value is -3.29. The number of carbonyl (C=O) groups is 3. The molecule has 1 aromatic heterocycles. The van der Waals surface area contributed by atoms with Gasteiger partial charge in [-0.15, -0.1) is 0 Å². The van der Waals surface area contributed by atoms with Crippen molar-refractivity contribution in [1.82, 2.24) is 20.4 Å². The zero-order chi connectivity index (χ0) is 21.4. The molecule has 0 bridgehead atoms. The number of carbonyl (C=O) groups excluding carboxylic acids is 2. The molecule has 2 N–H and O–H groups in total. The average Bonchev–Trinajstić information content (AvgIpc) is 2.69. The minimum Gasteiger partial charge on any atom is -0.480 e. The fraction of sp³-hybridized carbons (Fsp3) is 0.381. The summed E-state index contributed by atoms with van der Waals surface area (Å²) >= 11 is 0. The van der Waals surface area contributed by atoms with E-state index in [1.54, 1.807) is 6.92 Å². The van der Waals surface area contributed by atoms with Gasteiger partial charge in [-0.25, -0.2) is 14.8 Å². The topological polar surface area (TPSA) is 112 Å². The van der Waals surface area contributed by atoms with Gasteiger partial charge in [-0.1, -0.05) is 44.2 Å². The van der Waals surface area contributed by atoms with Crippen molar-refractivity contribution in [3.8, 4) is 0 Å². The largest absolute Gasteiger partial charge is 0.480 e. The van der Waals surface area contributed by atoms with Gasteiger partial charge in [0.1, 0.15) is 5.69 Å². The van der Waals surface area contributed by atoms with E-state index in [2.05, 4.69) is 15.4 Å². The molecular weight excluding hydrogens is 372 g/mol. The second-order valence-electron chi connectivity index (χ2n) is 7.22. The van der Waals surface area contributed by atoms with Crippen molar-refractivity contribution >= 4 is 17.8 Å². The van der Waals surface area contributed by atoms with Gasteiger partial charge in [0, 0.05) is 12.6 Å². The molecule has 0 saturated carbocycles. The number of hydrogen-bond acceptors (Lipinski definition) is 5. The number of carboxylic acid groups (broad SMARTS) is 1. The first-order valence-corrected chi connectivity index (χ1v) is 9.46. The van der Waals surface area contributed by atoms with E-state index in [0.717, 1.165) is 10.6 Å². The van der Waals surface area contributed by atoms with Gasteiger partial charge in [-0.2, -0.15) is 0 Å². The lowest BCUT2D eigenvalue weighted by Gasteiger charge is -2.30. The van der Waals surface area contributed by atoms with Crippen molar-refractivity contribution in [3.05, 3.63) is 59.7 Å². The van der Waals surface area contributed by atoms with Crippen LogP contribution in [0.2, 0.25) is 0 Å². The van der Waals surface area contributed by atoms with Crippen molar-refractivity contribution < 1.29 is 19.5 Å². The van der Waals surface area contributed by atoms with Crippen LogP contribution in [-0.4, -0.2) is 43.9 Å². The number of hydrazine groups is 1. The first-order chi connectivity index (χ1) is 13.8. The average molecular weight is 398 g/mol. The summed E-state index contributed by atoms with van der Waals surface area (Å²) in [5, 5.41) is 10.5. The van der Waals surface area contributed by atoms with Crippen molar-refractivity contribution in [2.75, 3.05) is 0 Å². The minimum absolute atomic E-state index is 0.00303. The predicted octanol–water partition coefficient (Wildman–Crippen LogP) is 2.39. The highest BCUT2D eigenvalue weighted by atomic mass is 16.4. The van der Waals surface area contributed by atoms with Gasteiger partial charge in [0.25, 0.3) is 5.91 Å². The monoisotopic (exact) mass is 398 g/mol. The lowest BCUT2D eigenvalue weighted by molar-refractivity contribution is -0.145. The third-order valence-corrected chi connectivity index (χ3v) is 4.24. The molecule has 2 aromatic rings. The Bertz CT molecular complexity index is 838. The van der Waals surface area contributed by atoms with Gasteiger partial charge in [-0.3, -0.25) is 20.0 Å². The molecule has 0 aliphatic carbocycles. The molecule has 8 heteroatoms. The van der Waals surface area contributed by atoms with Crippen LogP contribution >= 0.6 is 0 Å². The van der Waals surface area contributed by atoms with Crippen LogP contribution in [0, 0.1) is 12.8 Å². The number of nitrogens with one attached hydrogen (secondary N) is 1. The van der Waals surface area contributed by atoms with E-state index in [1.165, 1.54) is 12.4 Å². The highest BCUT2D eigenvalue weighted by Gasteiger charge is 2.33. The third kappa shape index (κ3) is 6.67. The van der Waals surface area contributed by atoms with Gasteiger partial charge in [0.05, 0.1) is 11.9 Å². The Labute approximate surface area is 170 Å². The highest BCUT2D eigenvalue weighted by Crippen LogP contribution is 2.14. The first-order valence-electron chi connectivity index (χ1n) is 9.46. The van der Waals surface area contributed by atoms with Gasteiger partial charge >= 0.3 is 5.97 Å². The second-order valence-corrected chi connectivity index (χ2v) is 7.22. The summed E-state index contributed by atoms with van der Waals surface area (Å²) in [4.78, 5) is 45.3. The fourth-order valence-corrected chi connectivity index (χ4v) is 2.75. The molecule has 1 aromatic carbocycles. The minimum atomic E-state index is -1.22. The number of aliphatic carboxylic acids is 1. The summed E-state index contributed by atoms with van der Waals surface area (Å²) in [6.45, 7) is 5.42. The van der Waals surface area contributed by atoms with Gasteiger partial charge < -0.3 is 5.11 Å². The maximum Gasteiger partial charge on any atom is 0.328 e. The Morgan fingerprint density at radius 2 is 1.79 bits per heavy atom. The number of rotatable bonds is 8. The fourth-order valence-electron chi connectivity index (χ4n) is 2.75. The lowest BCUT2D eigenvalue weighted by atomic mass is 10.0. The third-order valence-electron chi connectivity index (χ3n) is 4.24. The quantitative estimate of drug-likeness (QED) is 0.660. The summed E-state index contributed by atoms with van der Waals surface area (Å²) < 4.78 is 0. The summed E-state index contributed by atoms with van der Waals surface area (Å²) in [5.74, 6) is -2.36. The van der Waals surface area contributed by atoms with E-state index in [1.807, 2.05) is 44.2 Å². The lowest BCUT2D eigenvalue weighted by Crippen LogP contribution is -2.55. The molecule has 0 radical (unpaired) electrons. The number of hydrogen-bond donors (Lipinski definition) is 2. The van der Waals surface area contributed by atoms with E-state index < -0.39 is 23.8 Å². The van der Waals surface area contributed by atoms with Crippen molar-refractivity contribution in [2.24, 2.45) is 5.92 Å². The highest BCUT2D eigenvalue weighted by molar-refractivity contribution is 5.96. The Morgan fingerprint density at radius 3 is 2.34 bits per heavy atom. The molecule has 0 unspecified atom stereocenters. The first kappa shape index (κ1) is 22.0. The van der Waals surface area contributed by atoms with Crippen LogP contribution in [0.4, 0.5) is 0 Å². The van der Waals surface area contributed by atoms with Crippen LogP contribution in [0.15, 0.2) is 42.7 Å². The molecular formula is C21H26N4O4. The molecule has 0 aliphatic heterocycles. The van der Waals surface area contributed by atoms with Crippen LogP contribution in [-0.2, 0) is 16.0 Å². The molecule has 0 saturated heterocycles. The van der Waals surface area contributed by atoms with E-state index >= 15 is 0 Å². The van der Waals surface area contributed by atoms with Crippen molar-refractivity contribution in [3.63, 3.8) is 0 Å². The van der Waals surface area contributed by atoms with Crippen molar-refractivity contribution in [2.45, 2.75) is 46.1 Å². The van der Waals surface area contributed by atoms with Crippen LogP contribution < -0.4 is 5.43 Å². The van der Waals surface area contributed by atoms with E-state index in [-0.39, 0.29) is 24.5 Å². The Balaban J connectivity index is 2.20. The summed E-state index contributed by atoms with van der Waals surface area (Å²) in [7, 11) is 0. The molecule has 0 aliphatic rings. The molecule has 1 atom stereocenters. The zero-order valence-corrected chi connectivity index (χ0v) is 16.8. The van der Waals surface area contributed by atoms with E-state index in [9.17, 15) is 19.5 Å². The van der Waals surface area contributed by atoms with E-state index in [0.29, 0.717) is 12.1 Å². The van der Waals surface area contributed by atoms with Crippen LogP contribution in [0.3, 0.4) is 0 Å². The Morgan fingerprint density at radius 1 is 1.10 bits per heavy atom. The summed E-state index contributed by atoms with van der Waals surface area (Å²) in [5.41, 5.74) is 4.05. The maximum atomic E-state index is 12.9. The number of nitrogens with zero attached hydrogens (tertiary/aromatic N) is 3. The van der Waals surface area contributed by atoms with Gasteiger partial charge in [0.2, 0.25) is 5.91 Å². The number of aryl methyl sites for hydroxylation is 2. The SMILES string of the molecule is Cc1cnc(C(=O)N(NC(=O)CCc2ccccc2)[C@@H](CC(C)C)C(=O)O)cn1.